The van der Waals surface area contributed by atoms with E-state index in [2.05, 4.69) is 9.88 Å². The molecule has 1 aromatic heterocycles. The number of carbonyl (C=O) groups excluding carboxylic acids is 2. The lowest BCUT2D eigenvalue weighted by molar-refractivity contribution is -0.129. The first-order valence-electron chi connectivity index (χ1n) is 10.2. The van der Waals surface area contributed by atoms with Crippen molar-refractivity contribution in [2.45, 2.75) is 38.1 Å². The second-order valence-electron chi connectivity index (χ2n) is 8.03. The standard InChI is InChI=1S/C23H27N3O2/c1-25(15-17-14-22(27)26(16-17)20-6-2-3-7-20)23(28)19-11-9-18(10-12-19)21-8-4-5-13-24-21/h4-5,8-13,17,20H,2-3,6-7,14-16H2,1H3. The van der Waals surface area contributed by atoms with Crippen molar-refractivity contribution < 1.29 is 9.59 Å². The van der Waals surface area contributed by atoms with Gasteiger partial charge in [-0.15, -0.1) is 0 Å². The van der Waals surface area contributed by atoms with Crippen molar-refractivity contribution in [2.75, 3.05) is 20.1 Å². The quantitative estimate of drug-likeness (QED) is 0.800. The zero-order valence-electron chi connectivity index (χ0n) is 16.4. The van der Waals surface area contributed by atoms with Crippen LogP contribution in [0.25, 0.3) is 11.3 Å². The van der Waals surface area contributed by atoms with E-state index >= 15 is 0 Å². The first-order valence-corrected chi connectivity index (χ1v) is 10.2. The summed E-state index contributed by atoms with van der Waals surface area (Å²) in [5.41, 5.74) is 2.55. The molecule has 5 heteroatoms. The average Bonchev–Trinajstić information content (AvgIpc) is 3.38. The molecule has 1 atom stereocenters. The van der Waals surface area contributed by atoms with Crippen molar-refractivity contribution in [1.82, 2.24) is 14.8 Å². The topological polar surface area (TPSA) is 53.5 Å². The predicted molar refractivity (Wildman–Crippen MR) is 109 cm³/mol. The molecule has 2 aromatic rings. The molecule has 0 N–H and O–H groups in total. The first kappa shape index (κ1) is 18.7. The van der Waals surface area contributed by atoms with Crippen LogP contribution in [0.3, 0.4) is 0 Å². The minimum absolute atomic E-state index is 0.000615. The molecule has 0 bridgehead atoms. The molecule has 2 heterocycles. The van der Waals surface area contributed by atoms with Gasteiger partial charge in [-0.25, -0.2) is 0 Å². The monoisotopic (exact) mass is 377 g/mol. The van der Waals surface area contributed by atoms with Crippen molar-refractivity contribution in [3.63, 3.8) is 0 Å². The summed E-state index contributed by atoms with van der Waals surface area (Å²) >= 11 is 0. The van der Waals surface area contributed by atoms with E-state index < -0.39 is 0 Å². The maximum absolute atomic E-state index is 12.8. The summed E-state index contributed by atoms with van der Waals surface area (Å²) in [5, 5.41) is 0. The van der Waals surface area contributed by atoms with E-state index in [1.165, 1.54) is 12.8 Å². The van der Waals surface area contributed by atoms with Crippen LogP contribution in [0, 0.1) is 5.92 Å². The lowest BCUT2D eigenvalue weighted by Crippen LogP contribution is -2.36. The minimum Gasteiger partial charge on any atom is -0.341 e. The van der Waals surface area contributed by atoms with Gasteiger partial charge in [-0.05, 0) is 37.1 Å². The molecule has 1 aliphatic carbocycles. The van der Waals surface area contributed by atoms with E-state index in [0.29, 0.717) is 24.6 Å². The van der Waals surface area contributed by atoms with Gasteiger partial charge in [0.15, 0.2) is 0 Å². The van der Waals surface area contributed by atoms with Crippen LogP contribution >= 0.6 is 0 Å². The van der Waals surface area contributed by atoms with Crippen molar-refractivity contribution >= 4 is 11.8 Å². The first-order chi connectivity index (χ1) is 13.6. The molecule has 1 aliphatic heterocycles. The normalized spacial score (nSPS) is 20.0. The highest BCUT2D eigenvalue weighted by molar-refractivity contribution is 5.94. The van der Waals surface area contributed by atoms with E-state index in [9.17, 15) is 9.59 Å². The Morgan fingerprint density at radius 3 is 2.57 bits per heavy atom. The smallest absolute Gasteiger partial charge is 0.253 e. The van der Waals surface area contributed by atoms with Gasteiger partial charge in [-0.3, -0.25) is 14.6 Å². The second-order valence-corrected chi connectivity index (χ2v) is 8.03. The Balaban J connectivity index is 1.36. The second kappa shape index (κ2) is 8.13. The molecule has 2 aliphatic rings. The predicted octanol–water partition coefficient (Wildman–Crippen LogP) is 3.61. The molecule has 146 valence electrons. The molecule has 2 amide bonds. The molecular formula is C23H27N3O2. The third-order valence-electron chi connectivity index (χ3n) is 5.98. The number of pyridine rings is 1. The van der Waals surface area contributed by atoms with Crippen LogP contribution in [0.2, 0.25) is 0 Å². The maximum Gasteiger partial charge on any atom is 0.253 e. The molecule has 4 rings (SSSR count). The van der Waals surface area contributed by atoms with Crippen molar-refractivity contribution in [1.29, 1.82) is 0 Å². The fraction of sp³-hybridized carbons (Fsp3) is 0.435. The molecule has 1 saturated carbocycles. The fourth-order valence-corrected chi connectivity index (χ4v) is 4.51. The Hall–Kier alpha value is -2.69. The molecule has 0 radical (unpaired) electrons. The summed E-state index contributed by atoms with van der Waals surface area (Å²) in [5.74, 6) is 0.492. The molecule has 1 saturated heterocycles. The zero-order chi connectivity index (χ0) is 19.5. The van der Waals surface area contributed by atoms with E-state index in [-0.39, 0.29) is 17.7 Å². The summed E-state index contributed by atoms with van der Waals surface area (Å²) in [6, 6.07) is 13.8. The number of carbonyl (C=O) groups is 2. The third kappa shape index (κ3) is 3.93. The number of rotatable bonds is 5. The summed E-state index contributed by atoms with van der Waals surface area (Å²) in [7, 11) is 1.83. The number of hydrogen-bond donors (Lipinski definition) is 0. The van der Waals surface area contributed by atoms with E-state index in [4.69, 9.17) is 0 Å². The van der Waals surface area contributed by atoms with Gasteiger partial charge in [0.05, 0.1) is 5.69 Å². The summed E-state index contributed by atoms with van der Waals surface area (Å²) in [6.45, 7) is 1.41. The number of benzene rings is 1. The highest BCUT2D eigenvalue weighted by atomic mass is 16.2. The van der Waals surface area contributed by atoms with Gasteiger partial charge in [0.2, 0.25) is 5.91 Å². The summed E-state index contributed by atoms with van der Waals surface area (Å²) < 4.78 is 0. The Kier molecular flexibility index (Phi) is 5.42. The van der Waals surface area contributed by atoms with Gasteiger partial charge in [0, 0.05) is 55.8 Å². The number of aromatic nitrogens is 1. The van der Waals surface area contributed by atoms with E-state index in [0.717, 1.165) is 30.6 Å². The lowest BCUT2D eigenvalue weighted by Gasteiger charge is -2.25. The highest BCUT2D eigenvalue weighted by Crippen LogP contribution is 2.29. The minimum atomic E-state index is -0.000615. The van der Waals surface area contributed by atoms with Crippen LogP contribution in [0.5, 0.6) is 0 Å². The largest absolute Gasteiger partial charge is 0.341 e. The number of amides is 2. The SMILES string of the molecule is CN(CC1CC(=O)N(C2CCCC2)C1)C(=O)c1ccc(-c2ccccn2)cc1. The number of hydrogen-bond acceptors (Lipinski definition) is 3. The van der Waals surface area contributed by atoms with Crippen LogP contribution < -0.4 is 0 Å². The molecular weight excluding hydrogens is 350 g/mol. The van der Waals surface area contributed by atoms with Gasteiger partial charge in [0.25, 0.3) is 5.91 Å². The molecule has 5 nitrogen and oxygen atoms in total. The number of likely N-dealkylation sites (tertiary alicyclic amines) is 1. The van der Waals surface area contributed by atoms with Gasteiger partial charge in [-0.2, -0.15) is 0 Å². The van der Waals surface area contributed by atoms with Crippen LogP contribution in [0.1, 0.15) is 42.5 Å². The molecule has 28 heavy (non-hydrogen) atoms. The number of nitrogens with zero attached hydrogens (tertiary/aromatic N) is 3. The van der Waals surface area contributed by atoms with Crippen molar-refractivity contribution in [3.05, 3.63) is 54.2 Å². The molecule has 1 aromatic carbocycles. The van der Waals surface area contributed by atoms with Crippen molar-refractivity contribution in [2.24, 2.45) is 5.92 Å². The summed E-state index contributed by atoms with van der Waals surface area (Å²) in [6.07, 6.45) is 7.05. The van der Waals surface area contributed by atoms with Crippen LogP contribution in [-0.2, 0) is 4.79 Å². The van der Waals surface area contributed by atoms with Crippen LogP contribution in [0.4, 0.5) is 0 Å². The van der Waals surface area contributed by atoms with Gasteiger partial charge < -0.3 is 9.80 Å². The zero-order valence-corrected chi connectivity index (χ0v) is 16.4. The maximum atomic E-state index is 12.8. The Labute approximate surface area is 166 Å². The van der Waals surface area contributed by atoms with Crippen molar-refractivity contribution in [3.8, 4) is 11.3 Å². The van der Waals surface area contributed by atoms with Gasteiger partial charge in [-0.1, -0.05) is 31.0 Å². The lowest BCUT2D eigenvalue weighted by atomic mass is 10.1. The molecule has 1 unspecified atom stereocenters. The Bertz CT molecular complexity index is 829. The van der Waals surface area contributed by atoms with E-state index in [1.54, 1.807) is 11.1 Å². The molecule has 2 fully saturated rings. The third-order valence-corrected chi connectivity index (χ3v) is 5.98. The Morgan fingerprint density at radius 2 is 1.89 bits per heavy atom. The van der Waals surface area contributed by atoms with Crippen LogP contribution in [0.15, 0.2) is 48.7 Å². The van der Waals surface area contributed by atoms with Gasteiger partial charge in [0.1, 0.15) is 0 Å². The fourth-order valence-electron chi connectivity index (χ4n) is 4.51. The van der Waals surface area contributed by atoms with Gasteiger partial charge >= 0.3 is 0 Å². The molecule has 0 spiro atoms. The Morgan fingerprint density at radius 1 is 1.14 bits per heavy atom. The summed E-state index contributed by atoms with van der Waals surface area (Å²) in [4.78, 5) is 33.4. The average molecular weight is 377 g/mol. The van der Waals surface area contributed by atoms with Crippen LogP contribution in [-0.4, -0.2) is 52.8 Å². The highest BCUT2D eigenvalue weighted by Gasteiger charge is 2.36. The van der Waals surface area contributed by atoms with E-state index in [1.807, 2.05) is 49.5 Å².